The van der Waals surface area contributed by atoms with Gasteiger partial charge in [0.05, 0.1) is 18.6 Å². The van der Waals surface area contributed by atoms with Crippen LogP contribution in [-0.4, -0.2) is 23.3 Å². The van der Waals surface area contributed by atoms with Crippen LogP contribution in [-0.2, 0) is 22.6 Å². The van der Waals surface area contributed by atoms with Gasteiger partial charge in [0.1, 0.15) is 12.4 Å². The Labute approximate surface area is 161 Å². The summed E-state index contributed by atoms with van der Waals surface area (Å²) < 4.78 is 10.8. The lowest BCUT2D eigenvalue weighted by molar-refractivity contribution is -0.146. The van der Waals surface area contributed by atoms with Crippen molar-refractivity contribution < 1.29 is 19.4 Å². The van der Waals surface area contributed by atoms with Crippen molar-refractivity contribution in [1.29, 1.82) is 0 Å². The SMILES string of the molecule is CCOC(=O)CC(C)(O)C=CCCc1ccccc1OCc1ccccc1. The summed E-state index contributed by atoms with van der Waals surface area (Å²) in [7, 11) is 0. The quantitative estimate of drug-likeness (QED) is 0.497. The Morgan fingerprint density at radius 1 is 1.11 bits per heavy atom. The van der Waals surface area contributed by atoms with Crippen molar-refractivity contribution in [3.05, 3.63) is 77.9 Å². The first-order valence-electron chi connectivity index (χ1n) is 9.30. The summed E-state index contributed by atoms with van der Waals surface area (Å²) in [4.78, 5) is 11.5. The average Bonchev–Trinajstić information content (AvgIpc) is 2.65. The summed E-state index contributed by atoms with van der Waals surface area (Å²) >= 11 is 0. The van der Waals surface area contributed by atoms with Crippen molar-refractivity contribution in [2.24, 2.45) is 0 Å². The van der Waals surface area contributed by atoms with Crippen molar-refractivity contribution in [2.75, 3.05) is 6.61 Å². The maximum absolute atomic E-state index is 11.5. The van der Waals surface area contributed by atoms with Gasteiger partial charge in [0.15, 0.2) is 0 Å². The molecule has 2 aromatic rings. The van der Waals surface area contributed by atoms with Crippen LogP contribution in [0.2, 0.25) is 0 Å². The Kier molecular flexibility index (Phi) is 8.08. The molecule has 0 bridgehead atoms. The molecule has 0 radical (unpaired) electrons. The van der Waals surface area contributed by atoms with Crippen LogP contribution in [0.4, 0.5) is 0 Å². The molecule has 0 saturated carbocycles. The van der Waals surface area contributed by atoms with Gasteiger partial charge in [-0.2, -0.15) is 0 Å². The molecule has 1 unspecified atom stereocenters. The number of rotatable bonds is 10. The first-order chi connectivity index (χ1) is 13.0. The molecule has 0 spiro atoms. The Bertz CT molecular complexity index is 735. The molecule has 0 aliphatic rings. The molecule has 4 heteroatoms. The molecule has 2 aromatic carbocycles. The number of carbonyl (C=O) groups excluding carboxylic acids is 1. The minimum atomic E-state index is -1.20. The highest BCUT2D eigenvalue weighted by Gasteiger charge is 2.21. The van der Waals surface area contributed by atoms with Crippen LogP contribution < -0.4 is 4.74 Å². The van der Waals surface area contributed by atoms with E-state index >= 15 is 0 Å². The number of allylic oxidation sites excluding steroid dienone is 1. The van der Waals surface area contributed by atoms with E-state index in [1.807, 2.05) is 60.7 Å². The van der Waals surface area contributed by atoms with Gasteiger partial charge in [0, 0.05) is 0 Å². The summed E-state index contributed by atoms with van der Waals surface area (Å²) in [5.74, 6) is 0.472. The lowest BCUT2D eigenvalue weighted by atomic mass is 10.0. The zero-order chi connectivity index (χ0) is 19.5. The topological polar surface area (TPSA) is 55.8 Å². The number of hydrogen-bond donors (Lipinski definition) is 1. The molecule has 0 amide bonds. The van der Waals surface area contributed by atoms with E-state index in [-0.39, 0.29) is 6.42 Å². The van der Waals surface area contributed by atoms with Gasteiger partial charge in [-0.05, 0) is 43.9 Å². The molecule has 4 nitrogen and oxygen atoms in total. The first-order valence-corrected chi connectivity index (χ1v) is 9.30. The first kappa shape index (κ1) is 20.7. The summed E-state index contributed by atoms with van der Waals surface area (Å²) in [6.07, 6.45) is 5.04. The highest BCUT2D eigenvalue weighted by Crippen LogP contribution is 2.21. The van der Waals surface area contributed by atoms with E-state index in [2.05, 4.69) is 0 Å². The van der Waals surface area contributed by atoms with Crippen molar-refractivity contribution in [3.8, 4) is 5.75 Å². The zero-order valence-electron chi connectivity index (χ0n) is 16.1. The molecule has 1 atom stereocenters. The van der Waals surface area contributed by atoms with Crippen LogP contribution >= 0.6 is 0 Å². The highest BCUT2D eigenvalue weighted by atomic mass is 16.5. The van der Waals surface area contributed by atoms with E-state index in [0.29, 0.717) is 13.2 Å². The van der Waals surface area contributed by atoms with Crippen molar-refractivity contribution >= 4 is 5.97 Å². The van der Waals surface area contributed by atoms with E-state index in [1.54, 1.807) is 19.9 Å². The lowest BCUT2D eigenvalue weighted by Gasteiger charge is -2.17. The van der Waals surface area contributed by atoms with Crippen molar-refractivity contribution in [3.63, 3.8) is 0 Å². The van der Waals surface area contributed by atoms with E-state index in [0.717, 1.165) is 29.7 Å². The number of carbonyl (C=O) groups is 1. The molecule has 0 fully saturated rings. The standard InChI is InChI=1S/C23H28O4/c1-3-26-22(24)17-23(2,25)16-10-9-14-20-13-7-8-15-21(20)27-18-19-11-5-4-6-12-19/h4-8,10-13,15-16,25H,3,9,14,17-18H2,1-2H3. The number of aliphatic hydroxyl groups is 1. The molecule has 0 aliphatic carbocycles. The fourth-order valence-electron chi connectivity index (χ4n) is 2.73. The number of hydrogen-bond acceptors (Lipinski definition) is 4. The molecular weight excluding hydrogens is 340 g/mol. The minimum Gasteiger partial charge on any atom is -0.489 e. The molecule has 0 saturated heterocycles. The summed E-state index contributed by atoms with van der Waals surface area (Å²) in [5, 5.41) is 10.3. The van der Waals surface area contributed by atoms with Gasteiger partial charge in [-0.1, -0.05) is 60.7 Å². The van der Waals surface area contributed by atoms with Gasteiger partial charge in [-0.25, -0.2) is 0 Å². The Morgan fingerprint density at radius 2 is 1.81 bits per heavy atom. The molecular formula is C23H28O4. The summed E-state index contributed by atoms with van der Waals surface area (Å²) in [6.45, 7) is 4.21. The Balaban J connectivity index is 1.87. The summed E-state index contributed by atoms with van der Waals surface area (Å²) in [6, 6.07) is 18.0. The smallest absolute Gasteiger partial charge is 0.309 e. The van der Waals surface area contributed by atoms with Gasteiger partial charge in [0.25, 0.3) is 0 Å². The molecule has 1 N–H and O–H groups in total. The molecule has 144 valence electrons. The molecule has 27 heavy (non-hydrogen) atoms. The third-order valence-electron chi connectivity index (χ3n) is 4.07. The largest absolute Gasteiger partial charge is 0.489 e. The molecule has 0 heterocycles. The predicted octanol–water partition coefficient (Wildman–Crippen LogP) is 4.46. The van der Waals surface area contributed by atoms with Crippen molar-refractivity contribution in [1.82, 2.24) is 0 Å². The molecule has 2 rings (SSSR count). The van der Waals surface area contributed by atoms with Crippen LogP contribution in [0.15, 0.2) is 66.7 Å². The minimum absolute atomic E-state index is 0.0475. The highest BCUT2D eigenvalue weighted by molar-refractivity contribution is 5.71. The second-order valence-electron chi connectivity index (χ2n) is 6.66. The third-order valence-corrected chi connectivity index (χ3v) is 4.07. The van der Waals surface area contributed by atoms with E-state index in [4.69, 9.17) is 9.47 Å². The fraction of sp³-hybridized carbons (Fsp3) is 0.348. The van der Waals surface area contributed by atoms with Crippen LogP contribution in [0.3, 0.4) is 0 Å². The average molecular weight is 368 g/mol. The van der Waals surface area contributed by atoms with Gasteiger partial charge in [0.2, 0.25) is 0 Å². The Hall–Kier alpha value is -2.59. The van der Waals surface area contributed by atoms with Crippen LogP contribution in [0, 0.1) is 0 Å². The van der Waals surface area contributed by atoms with E-state index < -0.39 is 11.6 Å². The zero-order valence-corrected chi connectivity index (χ0v) is 16.1. The van der Waals surface area contributed by atoms with Crippen LogP contribution in [0.5, 0.6) is 5.75 Å². The second kappa shape index (κ2) is 10.5. The number of ether oxygens (including phenoxy) is 2. The van der Waals surface area contributed by atoms with Crippen molar-refractivity contribution in [2.45, 2.75) is 45.3 Å². The van der Waals surface area contributed by atoms with Crippen LogP contribution in [0.1, 0.15) is 37.8 Å². The number of aryl methyl sites for hydroxylation is 1. The Morgan fingerprint density at radius 3 is 2.56 bits per heavy atom. The molecule has 0 aromatic heterocycles. The van der Waals surface area contributed by atoms with Gasteiger partial charge in [-0.15, -0.1) is 0 Å². The second-order valence-corrected chi connectivity index (χ2v) is 6.66. The van der Waals surface area contributed by atoms with E-state index in [9.17, 15) is 9.90 Å². The lowest BCUT2D eigenvalue weighted by Crippen LogP contribution is -2.26. The number of benzene rings is 2. The summed E-state index contributed by atoms with van der Waals surface area (Å²) in [5.41, 5.74) is 1.04. The predicted molar refractivity (Wildman–Crippen MR) is 107 cm³/mol. The number of esters is 1. The third kappa shape index (κ3) is 7.67. The normalized spacial score (nSPS) is 13.3. The monoisotopic (exact) mass is 368 g/mol. The fourth-order valence-corrected chi connectivity index (χ4v) is 2.73. The van der Waals surface area contributed by atoms with Gasteiger partial charge >= 0.3 is 5.97 Å². The van der Waals surface area contributed by atoms with Gasteiger partial charge < -0.3 is 14.6 Å². The maximum Gasteiger partial charge on any atom is 0.309 e. The van der Waals surface area contributed by atoms with Gasteiger partial charge in [-0.3, -0.25) is 4.79 Å². The van der Waals surface area contributed by atoms with Crippen LogP contribution in [0.25, 0.3) is 0 Å². The number of para-hydroxylation sites is 1. The maximum atomic E-state index is 11.5. The molecule has 0 aliphatic heterocycles. The van der Waals surface area contributed by atoms with E-state index in [1.165, 1.54) is 0 Å².